The van der Waals surface area contributed by atoms with Crippen LogP contribution in [0.5, 0.6) is 0 Å². The van der Waals surface area contributed by atoms with Crippen molar-refractivity contribution in [3.63, 3.8) is 0 Å². The molecular weight excluding hydrogens is 538 g/mol. The Bertz CT molecular complexity index is 1530. The maximum absolute atomic E-state index is 13.8. The molecular formula is C37H47NO5. The van der Waals surface area contributed by atoms with E-state index in [1.807, 2.05) is 13.0 Å². The van der Waals surface area contributed by atoms with Gasteiger partial charge in [-0.1, -0.05) is 27.4 Å². The number of benzene rings is 1. The van der Waals surface area contributed by atoms with Gasteiger partial charge in [0, 0.05) is 40.0 Å². The van der Waals surface area contributed by atoms with Gasteiger partial charge in [-0.25, -0.2) is 0 Å². The average Bonchev–Trinajstić information content (AvgIpc) is 3.41. The van der Waals surface area contributed by atoms with Crippen LogP contribution < -0.4 is 5.32 Å². The predicted octanol–water partition coefficient (Wildman–Crippen LogP) is 5.89. The molecule has 6 heteroatoms. The second kappa shape index (κ2) is 8.04. The van der Waals surface area contributed by atoms with Crippen molar-refractivity contribution in [1.29, 1.82) is 0 Å². The topological polar surface area (TPSA) is 88.0 Å². The second-order valence-electron chi connectivity index (χ2n) is 16.7. The number of Topliss-reactive ketones (excluding diaryl/α,β-unsaturated/α-hetero) is 1. The summed E-state index contributed by atoms with van der Waals surface area (Å²) in [5, 5.41) is 28.1. The summed E-state index contributed by atoms with van der Waals surface area (Å²) in [7, 11) is 0. The predicted molar refractivity (Wildman–Crippen MR) is 164 cm³/mol. The van der Waals surface area contributed by atoms with Crippen LogP contribution in [0.25, 0.3) is 0 Å². The van der Waals surface area contributed by atoms with Gasteiger partial charge in [0.05, 0.1) is 23.4 Å². The van der Waals surface area contributed by atoms with E-state index in [0.717, 1.165) is 42.4 Å². The Labute approximate surface area is 255 Å². The zero-order valence-corrected chi connectivity index (χ0v) is 26.4. The van der Waals surface area contributed by atoms with Crippen molar-refractivity contribution in [3.05, 3.63) is 52.6 Å². The maximum Gasteiger partial charge on any atom is 0.166 e. The summed E-state index contributed by atoms with van der Waals surface area (Å²) in [5.41, 5.74) is 4.30. The van der Waals surface area contributed by atoms with Crippen molar-refractivity contribution in [3.8, 4) is 0 Å². The van der Waals surface area contributed by atoms with Crippen LogP contribution in [0.1, 0.15) is 107 Å². The number of carbonyl (C=O) groups excluding carboxylic acids is 1. The minimum atomic E-state index is -1.09. The molecule has 1 unspecified atom stereocenters. The highest BCUT2D eigenvalue weighted by Crippen LogP contribution is 2.76. The third kappa shape index (κ3) is 2.87. The van der Waals surface area contributed by atoms with Gasteiger partial charge >= 0.3 is 0 Å². The van der Waals surface area contributed by atoms with E-state index >= 15 is 0 Å². The van der Waals surface area contributed by atoms with Gasteiger partial charge in [0.1, 0.15) is 12.2 Å². The van der Waals surface area contributed by atoms with Gasteiger partial charge in [-0.05, 0) is 117 Å². The molecule has 0 aromatic heterocycles. The third-order valence-electron chi connectivity index (χ3n) is 15.0. The highest BCUT2D eigenvalue weighted by Gasteiger charge is 2.77. The number of aliphatic hydroxyl groups is 2. The molecule has 0 saturated heterocycles. The fourth-order valence-electron chi connectivity index (χ4n) is 12.6. The van der Waals surface area contributed by atoms with Crippen LogP contribution >= 0.6 is 0 Å². The number of carbonyl (C=O) groups is 1. The van der Waals surface area contributed by atoms with Gasteiger partial charge in [0.15, 0.2) is 5.78 Å². The molecule has 1 aromatic carbocycles. The zero-order valence-electron chi connectivity index (χ0n) is 26.4. The first-order valence-electron chi connectivity index (χ1n) is 16.8. The van der Waals surface area contributed by atoms with E-state index in [2.05, 4.69) is 58.6 Å². The van der Waals surface area contributed by atoms with E-state index in [1.54, 1.807) is 0 Å². The quantitative estimate of drug-likeness (QED) is 0.357. The lowest BCUT2D eigenvalue weighted by atomic mass is 9.42. The van der Waals surface area contributed by atoms with Crippen molar-refractivity contribution in [2.75, 3.05) is 5.32 Å². The van der Waals surface area contributed by atoms with Crippen molar-refractivity contribution in [2.45, 2.75) is 127 Å². The summed E-state index contributed by atoms with van der Waals surface area (Å²) in [6, 6.07) is 4.34. The molecule has 3 aliphatic heterocycles. The number of aliphatic hydroxyl groups excluding tert-OH is 1. The van der Waals surface area contributed by atoms with E-state index in [9.17, 15) is 15.0 Å². The largest absolute Gasteiger partial charge is 0.386 e. The molecule has 8 aliphatic rings. The lowest BCUT2D eigenvalue weighted by Crippen LogP contribution is -2.69. The lowest BCUT2D eigenvalue weighted by molar-refractivity contribution is -0.228. The van der Waals surface area contributed by atoms with Crippen LogP contribution in [0.2, 0.25) is 0 Å². The highest BCUT2D eigenvalue weighted by atomic mass is 16.5. The number of anilines is 1. The first-order valence-corrected chi connectivity index (χ1v) is 16.8. The molecule has 9 rings (SSSR count). The van der Waals surface area contributed by atoms with Crippen molar-refractivity contribution in [1.82, 2.24) is 0 Å². The number of hydrogen-bond donors (Lipinski definition) is 3. The minimum Gasteiger partial charge on any atom is -0.386 e. The minimum absolute atomic E-state index is 0.00812. The van der Waals surface area contributed by atoms with Crippen LogP contribution in [0.15, 0.2) is 35.9 Å². The number of nitrogens with one attached hydrogen (secondary N) is 1. The molecule has 4 fully saturated rings. The Balaban J connectivity index is 1.22. The van der Waals surface area contributed by atoms with Crippen LogP contribution in [0.4, 0.5) is 5.69 Å². The Morgan fingerprint density at radius 3 is 2.58 bits per heavy atom. The summed E-state index contributed by atoms with van der Waals surface area (Å²) in [6.07, 6.45) is 4.61. The van der Waals surface area contributed by atoms with Gasteiger partial charge < -0.3 is 25.0 Å². The first-order chi connectivity index (χ1) is 20.2. The van der Waals surface area contributed by atoms with Crippen LogP contribution in [0, 0.1) is 34.5 Å². The van der Waals surface area contributed by atoms with Crippen LogP contribution in [-0.2, 0) is 9.47 Å². The van der Waals surface area contributed by atoms with Gasteiger partial charge in [-0.15, -0.1) is 0 Å². The smallest absolute Gasteiger partial charge is 0.166 e. The Hall–Kier alpha value is -1.99. The Morgan fingerprint density at radius 2 is 1.84 bits per heavy atom. The Morgan fingerprint density at radius 1 is 1.07 bits per heavy atom. The Kier molecular flexibility index (Phi) is 5.11. The lowest BCUT2D eigenvalue weighted by Gasteiger charge is -2.66. The van der Waals surface area contributed by atoms with Crippen LogP contribution in [0.3, 0.4) is 0 Å². The van der Waals surface area contributed by atoms with Crippen LogP contribution in [-0.4, -0.2) is 57.7 Å². The number of fused-ring (bicyclic) bond motifs is 7. The third-order valence-corrected chi connectivity index (χ3v) is 15.0. The molecule has 0 radical (unpaired) electrons. The van der Waals surface area contributed by atoms with E-state index in [-0.39, 0.29) is 47.0 Å². The molecule has 3 N–H and O–H groups in total. The molecule has 4 saturated carbocycles. The van der Waals surface area contributed by atoms with E-state index in [0.29, 0.717) is 30.0 Å². The fraction of sp³-hybridized carbons (Fsp3) is 0.703. The molecule has 5 aliphatic carbocycles. The molecule has 6 nitrogen and oxygen atoms in total. The van der Waals surface area contributed by atoms with Gasteiger partial charge in [0.2, 0.25) is 0 Å². The summed E-state index contributed by atoms with van der Waals surface area (Å²) in [5.74, 6) is 1.90. The SMILES string of the molecule is C=C(C)[C@@H]1O[C@H]2CC[C@]3(C)[C@@]4(C)[C@H](CC[C@]3(O)C2=C[C@H]1O)C1OC(C)(C)[C@@H]2C[C@H]3[C@H]2c2c(ccc5c2[C@@H]1[C@@H]4N5)C(=O)[C@@H]3C. The zero-order chi connectivity index (χ0) is 30.2. The molecule has 0 amide bonds. The molecule has 1 aromatic rings. The van der Waals surface area contributed by atoms with E-state index < -0.39 is 23.2 Å². The summed E-state index contributed by atoms with van der Waals surface area (Å²) in [4.78, 5) is 13.8. The molecule has 3 heterocycles. The van der Waals surface area contributed by atoms with Gasteiger partial charge in [-0.2, -0.15) is 0 Å². The number of rotatable bonds is 1. The molecule has 0 bridgehead atoms. The highest BCUT2D eigenvalue weighted by molar-refractivity contribution is 6.02. The number of hydrogen-bond acceptors (Lipinski definition) is 6. The summed E-state index contributed by atoms with van der Waals surface area (Å²) < 4.78 is 13.9. The van der Waals surface area contributed by atoms with E-state index in [4.69, 9.17) is 9.47 Å². The normalized spacial score (nSPS) is 52.7. The molecule has 230 valence electrons. The molecule has 14 atom stereocenters. The molecule has 43 heavy (non-hydrogen) atoms. The number of ketones is 1. The first kappa shape index (κ1) is 27.3. The molecule has 0 spiro atoms. The maximum atomic E-state index is 13.8. The van der Waals surface area contributed by atoms with Crippen molar-refractivity contribution >= 4 is 11.5 Å². The second-order valence-corrected chi connectivity index (χ2v) is 16.7. The van der Waals surface area contributed by atoms with Gasteiger partial charge in [-0.3, -0.25) is 4.79 Å². The fourth-order valence-corrected chi connectivity index (χ4v) is 12.6. The van der Waals surface area contributed by atoms with Crippen molar-refractivity contribution < 1.29 is 24.5 Å². The number of ether oxygens (including phenoxy) is 2. The summed E-state index contributed by atoms with van der Waals surface area (Å²) in [6.45, 7) is 17.4. The van der Waals surface area contributed by atoms with Crippen molar-refractivity contribution in [2.24, 2.45) is 34.5 Å². The summed E-state index contributed by atoms with van der Waals surface area (Å²) >= 11 is 0. The van der Waals surface area contributed by atoms with Gasteiger partial charge in [0.25, 0.3) is 0 Å². The monoisotopic (exact) mass is 585 g/mol. The average molecular weight is 586 g/mol. The van der Waals surface area contributed by atoms with E-state index in [1.165, 1.54) is 16.8 Å². The standard InChI is InChI=1S/C37H47NO5/c1-16(2)31-24(39)15-21-25(42-31)11-12-35(6)36(7)20(10-13-37(21,35)41)32-29-28-23(38-33(29)36)9-8-18-27(28)26-19(17(3)30(18)40)14-22(26)34(4,5)43-32/h8-9,15,17,19-20,22,24-26,29,31-33,38-39,41H,1,10-14H2,2-7H3/t17-,19-,20-,22-,24-,25+,26-,29+,31+,32?,33+,35-,36+,37+/m1/s1.